The average Bonchev–Trinajstić information content (AvgIpc) is 2.67. The lowest BCUT2D eigenvalue weighted by Crippen LogP contribution is -2.32. The van der Waals surface area contributed by atoms with Gasteiger partial charge < -0.3 is 14.8 Å². The first kappa shape index (κ1) is 20.6. The van der Waals surface area contributed by atoms with Crippen molar-refractivity contribution in [1.82, 2.24) is 5.32 Å². The summed E-state index contributed by atoms with van der Waals surface area (Å²) in [6.45, 7) is 3.84. The van der Waals surface area contributed by atoms with E-state index < -0.39 is 10.0 Å². The van der Waals surface area contributed by atoms with E-state index in [1.807, 2.05) is 13.8 Å². The number of methoxy groups -OCH3 is 2. The Morgan fingerprint density at radius 1 is 1.07 bits per heavy atom. The summed E-state index contributed by atoms with van der Waals surface area (Å²) < 4.78 is 38.2. The van der Waals surface area contributed by atoms with E-state index in [0.717, 1.165) is 6.42 Å². The molecule has 1 amide bonds. The molecule has 0 aromatic heterocycles. The Hall–Kier alpha value is -2.74. The molecule has 146 valence electrons. The van der Waals surface area contributed by atoms with Gasteiger partial charge in [-0.1, -0.05) is 13.0 Å². The Labute approximate surface area is 159 Å². The molecule has 0 bridgehead atoms. The molecule has 0 radical (unpaired) electrons. The van der Waals surface area contributed by atoms with Crippen LogP contribution in [0.4, 0.5) is 5.69 Å². The van der Waals surface area contributed by atoms with Crippen LogP contribution in [0, 0.1) is 0 Å². The topological polar surface area (TPSA) is 93.7 Å². The van der Waals surface area contributed by atoms with Gasteiger partial charge in [-0.25, -0.2) is 8.42 Å². The van der Waals surface area contributed by atoms with Gasteiger partial charge in [0.25, 0.3) is 15.9 Å². The number of sulfonamides is 1. The maximum Gasteiger partial charge on any atom is 0.261 e. The fourth-order valence-electron chi connectivity index (χ4n) is 2.33. The molecule has 2 aromatic rings. The van der Waals surface area contributed by atoms with Crippen LogP contribution in [0.5, 0.6) is 11.5 Å². The predicted octanol–water partition coefficient (Wildman–Crippen LogP) is 3.03. The summed E-state index contributed by atoms with van der Waals surface area (Å²) in [6, 6.07) is 10.6. The predicted molar refractivity (Wildman–Crippen MR) is 104 cm³/mol. The van der Waals surface area contributed by atoms with Gasteiger partial charge in [0.2, 0.25) is 0 Å². The van der Waals surface area contributed by atoms with E-state index in [0.29, 0.717) is 17.2 Å². The van der Waals surface area contributed by atoms with Crippen molar-refractivity contribution >= 4 is 21.6 Å². The molecular weight excluding hydrogens is 368 g/mol. The molecule has 27 heavy (non-hydrogen) atoms. The van der Waals surface area contributed by atoms with Gasteiger partial charge in [-0.15, -0.1) is 0 Å². The van der Waals surface area contributed by atoms with Crippen LogP contribution >= 0.6 is 0 Å². The highest BCUT2D eigenvalue weighted by molar-refractivity contribution is 7.92. The molecule has 7 nitrogen and oxygen atoms in total. The van der Waals surface area contributed by atoms with Crippen molar-refractivity contribution in [2.75, 3.05) is 18.9 Å². The number of amides is 1. The number of benzene rings is 2. The molecule has 0 fully saturated rings. The van der Waals surface area contributed by atoms with E-state index in [-0.39, 0.29) is 22.4 Å². The lowest BCUT2D eigenvalue weighted by atomic mass is 10.2. The second-order valence-corrected chi connectivity index (χ2v) is 7.67. The molecule has 0 saturated heterocycles. The monoisotopic (exact) mass is 392 g/mol. The Bertz CT molecular complexity index is 912. The number of hydrogen-bond donors (Lipinski definition) is 2. The van der Waals surface area contributed by atoms with Crippen molar-refractivity contribution in [3.63, 3.8) is 0 Å². The zero-order valence-electron chi connectivity index (χ0n) is 15.8. The van der Waals surface area contributed by atoms with Crippen LogP contribution in [-0.4, -0.2) is 34.6 Å². The maximum absolute atomic E-state index is 12.7. The number of rotatable bonds is 8. The summed E-state index contributed by atoms with van der Waals surface area (Å²) in [6.07, 6.45) is 0.782. The zero-order chi connectivity index (χ0) is 20.0. The van der Waals surface area contributed by atoms with Crippen LogP contribution in [0.1, 0.15) is 30.6 Å². The standard InChI is InChI=1S/C19H24N2O5S/c1-5-13(2)20-19(22)14-7-6-8-16(11-14)27(23,24)21-15-9-10-17(25-3)18(12-15)26-4/h6-13,21H,5H2,1-4H3,(H,20,22). The first-order valence-corrected chi connectivity index (χ1v) is 9.94. The summed E-state index contributed by atoms with van der Waals surface area (Å²) >= 11 is 0. The van der Waals surface area contributed by atoms with Crippen LogP contribution in [0.2, 0.25) is 0 Å². The number of anilines is 1. The maximum atomic E-state index is 12.7. The first-order valence-electron chi connectivity index (χ1n) is 8.46. The van der Waals surface area contributed by atoms with E-state index in [2.05, 4.69) is 10.0 Å². The van der Waals surface area contributed by atoms with E-state index in [4.69, 9.17) is 9.47 Å². The molecule has 8 heteroatoms. The Balaban J connectivity index is 2.27. The van der Waals surface area contributed by atoms with Gasteiger partial charge in [-0.2, -0.15) is 0 Å². The van der Waals surface area contributed by atoms with Crippen molar-refractivity contribution in [2.45, 2.75) is 31.2 Å². The average molecular weight is 392 g/mol. The summed E-state index contributed by atoms with van der Waals surface area (Å²) in [7, 11) is -0.909. The Kier molecular flexibility index (Phi) is 6.68. The highest BCUT2D eigenvalue weighted by Crippen LogP contribution is 2.30. The summed E-state index contributed by atoms with van der Waals surface area (Å²) in [4.78, 5) is 12.2. The van der Waals surface area contributed by atoms with Crippen molar-refractivity contribution in [3.05, 3.63) is 48.0 Å². The molecule has 2 N–H and O–H groups in total. The third-order valence-electron chi connectivity index (χ3n) is 4.03. The van der Waals surface area contributed by atoms with Crippen LogP contribution in [-0.2, 0) is 10.0 Å². The van der Waals surface area contributed by atoms with Crippen molar-refractivity contribution in [1.29, 1.82) is 0 Å². The molecule has 0 aliphatic rings. The lowest BCUT2D eigenvalue weighted by Gasteiger charge is -2.13. The summed E-state index contributed by atoms with van der Waals surface area (Å²) in [5, 5.41) is 2.82. The molecule has 2 rings (SSSR count). The van der Waals surface area contributed by atoms with Crippen molar-refractivity contribution < 1.29 is 22.7 Å². The molecule has 1 unspecified atom stereocenters. The molecule has 1 atom stereocenters. The van der Waals surface area contributed by atoms with Gasteiger partial charge in [-0.3, -0.25) is 9.52 Å². The first-order chi connectivity index (χ1) is 12.8. The Morgan fingerprint density at radius 3 is 2.41 bits per heavy atom. The van der Waals surface area contributed by atoms with E-state index in [1.54, 1.807) is 18.2 Å². The van der Waals surface area contributed by atoms with Crippen LogP contribution in [0.3, 0.4) is 0 Å². The highest BCUT2D eigenvalue weighted by atomic mass is 32.2. The Morgan fingerprint density at radius 2 is 1.78 bits per heavy atom. The molecule has 0 aliphatic heterocycles. The van der Waals surface area contributed by atoms with Gasteiger partial charge in [0.15, 0.2) is 11.5 Å². The molecule has 0 spiro atoms. The van der Waals surface area contributed by atoms with Gasteiger partial charge in [0.05, 0.1) is 24.8 Å². The van der Waals surface area contributed by atoms with Gasteiger partial charge >= 0.3 is 0 Å². The van der Waals surface area contributed by atoms with E-state index in [9.17, 15) is 13.2 Å². The lowest BCUT2D eigenvalue weighted by molar-refractivity contribution is 0.0939. The van der Waals surface area contributed by atoms with Gasteiger partial charge in [-0.05, 0) is 43.7 Å². The molecular formula is C19H24N2O5S. The van der Waals surface area contributed by atoms with Gasteiger partial charge in [0.1, 0.15) is 0 Å². The minimum Gasteiger partial charge on any atom is -0.493 e. The minimum absolute atomic E-state index is 0.00246. The number of carbonyl (C=O) groups excluding carboxylic acids is 1. The fraction of sp³-hybridized carbons (Fsp3) is 0.316. The second kappa shape index (κ2) is 8.77. The number of ether oxygens (including phenoxy) is 2. The van der Waals surface area contributed by atoms with E-state index >= 15 is 0 Å². The molecule has 2 aromatic carbocycles. The highest BCUT2D eigenvalue weighted by Gasteiger charge is 2.18. The normalized spacial score (nSPS) is 12.1. The quantitative estimate of drug-likeness (QED) is 0.720. The third-order valence-corrected chi connectivity index (χ3v) is 5.41. The SMILES string of the molecule is CCC(C)NC(=O)c1cccc(S(=O)(=O)Nc2ccc(OC)c(OC)c2)c1. The number of carbonyl (C=O) groups is 1. The van der Waals surface area contributed by atoms with Crippen LogP contribution < -0.4 is 19.5 Å². The number of nitrogens with one attached hydrogen (secondary N) is 2. The smallest absolute Gasteiger partial charge is 0.261 e. The molecule has 0 heterocycles. The number of hydrogen-bond acceptors (Lipinski definition) is 5. The van der Waals surface area contributed by atoms with Gasteiger partial charge in [0, 0.05) is 17.7 Å². The third kappa shape index (κ3) is 5.13. The van der Waals surface area contributed by atoms with E-state index in [1.165, 1.54) is 38.5 Å². The zero-order valence-corrected chi connectivity index (χ0v) is 16.6. The molecule has 0 saturated carbocycles. The largest absolute Gasteiger partial charge is 0.493 e. The van der Waals surface area contributed by atoms with Crippen molar-refractivity contribution in [2.24, 2.45) is 0 Å². The second-order valence-electron chi connectivity index (χ2n) is 5.99. The van der Waals surface area contributed by atoms with Crippen LogP contribution in [0.15, 0.2) is 47.4 Å². The fourth-order valence-corrected chi connectivity index (χ4v) is 3.42. The summed E-state index contributed by atoms with van der Waals surface area (Å²) in [5.41, 5.74) is 0.604. The van der Waals surface area contributed by atoms with Crippen LogP contribution in [0.25, 0.3) is 0 Å². The molecule has 0 aliphatic carbocycles. The van der Waals surface area contributed by atoms with Crippen molar-refractivity contribution in [3.8, 4) is 11.5 Å². The summed E-state index contributed by atoms with van der Waals surface area (Å²) in [5.74, 6) is 0.580. The minimum atomic E-state index is -3.87.